The third-order valence-corrected chi connectivity index (χ3v) is 7.37. The molecule has 5 aromatic rings. The van der Waals surface area contributed by atoms with Crippen LogP contribution in [0.25, 0.3) is 33.6 Å². The molecule has 10 heteroatoms. The number of carbonyl (C=O) groups excluding carboxylic acids is 1. The van der Waals surface area contributed by atoms with Crippen LogP contribution in [0.1, 0.15) is 12.3 Å². The molecule has 0 bridgehead atoms. The Morgan fingerprint density at radius 2 is 1.74 bits per heavy atom. The average molecular weight is 562 g/mol. The number of rotatable bonds is 10. The van der Waals surface area contributed by atoms with Crippen LogP contribution >= 0.6 is 23.4 Å². The van der Waals surface area contributed by atoms with Gasteiger partial charge < -0.3 is 18.6 Å². The van der Waals surface area contributed by atoms with E-state index in [-0.39, 0.29) is 24.9 Å². The molecule has 2 aromatic heterocycles. The number of para-hydroxylation sites is 1. The summed E-state index contributed by atoms with van der Waals surface area (Å²) in [7, 11) is 3.18. The highest BCUT2D eigenvalue weighted by Gasteiger charge is 2.17. The summed E-state index contributed by atoms with van der Waals surface area (Å²) in [6, 6.07) is 22.7. The summed E-state index contributed by atoms with van der Waals surface area (Å²) in [6.07, 6.45) is 0.223. The zero-order chi connectivity index (χ0) is 27.2. The standard InChI is InChI=1S/C29H24ClN3O5S/c1-35-24-12-11-18(15-25(24)36-2)23-16-20(19-7-3-5-9-22(19)31-23)29-33-32-27(38-29)17-37-28(34)13-14-39-26-10-6-4-8-21(26)30/h3-12,15-16H,13-14,17H2,1-2H3. The van der Waals surface area contributed by atoms with Gasteiger partial charge in [-0.25, -0.2) is 4.98 Å². The Labute approximate surface area is 234 Å². The summed E-state index contributed by atoms with van der Waals surface area (Å²) < 4.78 is 22.1. The summed E-state index contributed by atoms with van der Waals surface area (Å²) in [5.41, 5.74) is 3.02. The normalized spacial score (nSPS) is 10.9. The van der Waals surface area contributed by atoms with Crippen LogP contribution in [0.15, 0.2) is 82.1 Å². The Morgan fingerprint density at radius 1 is 0.949 bits per heavy atom. The van der Waals surface area contributed by atoms with Gasteiger partial charge in [-0.3, -0.25) is 4.79 Å². The van der Waals surface area contributed by atoms with E-state index in [2.05, 4.69) is 10.2 Å². The smallest absolute Gasteiger partial charge is 0.307 e. The van der Waals surface area contributed by atoms with Crippen LogP contribution in [0.4, 0.5) is 0 Å². The maximum absolute atomic E-state index is 12.3. The van der Waals surface area contributed by atoms with E-state index < -0.39 is 0 Å². The first-order valence-corrected chi connectivity index (χ1v) is 13.4. The molecule has 0 aliphatic rings. The molecule has 0 fully saturated rings. The molecule has 39 heavy (non-hydrogen) atoms. The van der Waals surface area contributed by atoms with E-state index in [1.165, 1.54) is 11.8 Å². The summed E-state index contributed by atoms with van der Waals surface area (Å²) in [6.45, 7) is -0.117. The van der Waals surface area contributed by atoms with Crippen LogP contribution in [0, 0.1) is 0 Å². The van der Waals surface area contributed by atoms with Gasteiger partial charge in [0.05, 0.1) is 42.4 Å². The number of methoxy groups -OCH3 is 2. The molecule has 8 nitrogen and oxygen atoms in total. The minimum Gasteiger partial charge on any atom is -0.493 e. The van der Waals surface area contributed by atoms with Crippen molar-refractivity contribution in [2.45, 2.75) is 17.9 Å². The molecule has 0 N–H and O–H groups in total. The maximum atomic E-state index is 12.3. The second-order valence-electron chi connectivity index (χ2n) is 8.33. The summed E-state index contributed by atoms with van der Waals surface area (Å²) in [4.78, 5) is 18.0. The lowest BCUT2D eigenvalue weighted by Gasteiger charge is -2.11. The molecule has 0 unspecified atom stereocenters. The van der Waals surface area contributed by atoms with Crippen molar-refractivity contribution in [2.24, 2.45) is 0 Å². The Hall–Kier alpha value is -4.08. The van der Waals surface area contributed by atoms with Gasteiger partial charge in [0.25, 0.3) is 5.89 Å². The number of benzene rings is 3. The molecule has 0 amide bonds. The SMILES string of the molecule is COc1ccc(-c2cc(-c3nnc(COC(=O)CCSc4ccccc4Cl)o3)c3ccccc3n2)cc1OC. The zero-order valence-corrected chi connectivity index (χ0v) is 22.8. The van der Waals surface area contributed by atoms with Gasteiger partial charge in [0.1, 0.15) is 0 Å². The number of nitrogens with zero attached hydrogens (tertiary/aromatic N) is 3. The number of aromatic nitrogens is 3. The number of ether oxygens (including phenoxy) is 3. The molecule has 0 aliphatic carbocycles. The quantitative estimate of drug-likeness (QED) is 0.134. The first-order chi connectivity index (χ1) is 19.1. The fourth-order valence-corrected chi connectivity index (χ4v) is 5.11. The Morgan fingerprint density at radius 3 is 2.56 bits per heavy atom. The molecule has 0 spiro atoms. The van der Waals surface area contributed by atoms with Gasteiger partial charge in [0, 0.05) is 21.6 Å². The van der Waals surface area contributed by atoms with Crippen LogP contribution < -0.4 is 9.47 Å². The third kappa shape index (κ3) is 6.16. The van der Waals surface area contributed by atoms with Crippen molar-refractivity contribution >= 4 is 40.2 Å². The molecule has 0 atom stereocenters. The Balaban J connectivity index is 1.31. The first-order valence-electron chi connectivity index (χ1n) is 12.0. The molecular weight excluding hydrogens is 538 g/mol. The van der Waals surface area contributed by atoms with Gasteiger partial charge >= 0.3 is 5.97 Å². The number of carbonyl (C=O) groups is 1. The number of halogens is 1. The number of pyridine rings is 1. The lowest BCUT2D eigenvalue weighted by Crippen LogP contribution is -2.05. The Bertz CT molecular complexity index is 1620. The number of thioether (sulfide) groups is 1. The van der Waals surface area contributed by atoms with Crippen molar-refractivity contribution in [3.05, 3.63) is 83.7 Å². The van der Waals surface area contributed by atoms with Crippen molar-refractivity contribution in [2.75, 3.05) is 20.0 Å². The maximum Gasteiger partial charge on any atom is 0.307 e. The summed E-state index contributed by atoms with van der Waals surface area (Å²) >= 11 is 7.66. The van der Waals surface area contributed by atoms with Crippen molar-refractivity contribution < 1.29 is 23.4 Å². The Kier molecular flexibility index (Phi) is 8.29. The van der Waals surface area contributed by atoms with Crippen LogP contribution in [-0.2, 0) is 16.1 Å². The molecule has 198 valence electrons. The highest BCUT2D eigenvalue weighted by atomic mass is 35.5. The molecular formula is C29H24ClN3O5S. The number of fused-ring (bicyclic) bond motifs is 1. The van der Waals surface area contributed by atoms with Crippen LogP contribution in [0.2, 0.25) is 5.02 Å². The molecule has 0 saturated heterocycles. The summed E-state index contributed by atoms with van der Waals surface area (Å²) in [5, 5.41) is 9.82. The van der Waals surface area contributed by atoms with Crippen molar-refractivity contribution in [3.8, 4) is 34.2 Å². The molecule has 2 heterocycles. The van der Waals surface area contributed by atoms with E-state index in [0.717, 1.165) is 21.4 Å². The number of hydrogen-bond donors (Lipinski definition) is 0. The van der Waals surface area contributed by atoms with Crippen molar-refractivity contribution in [3.63, 3.8) is 0 Å². The van der Waals surface area contributed by atoms with Crippen LogP contribution in [0.5, 0.6) is 11.5 Å². The lowest BCUT2D eigenvalue weighted by atomic mass is 10.0. The van der Waals surface area contributed by atoms with Crippen molar-refractivity contribution in [1.29, 1.82) is 0 Å². The van der Waals surface area contributed by atoms with E-state index >= 15 is 0 Å². The van der Waals surface area contributed by atoms with E-state index in [9.17, 15) is 4.79 Å². The topological polar surface area (TPSA) is 96.6 Å². The van der Waals surface area contributed by atoms with Gasteiger partial charge in [-0.2, -0.15) is 0 Å². The third-order valence-electron chi connectivity index (χ3n) is 5.85. The van der Waals surface area contributed by atoms with E-state index in [1.54, 1.807) is 14.2 Å². The summed E-state index contributed by atoms with van der Waals surface area (Å²) in [5.74, 6) is 1.90. The van der Waals surface area contributed by atoms with Gasteiger partial charge in [0.2, 0.25) is 5.89 Å². The van der Waals surface area contributed by atoms with Gasteiger partial charge in [-0.05, 0) is 42.5 Å². The molecule has 5 rings (SSSR count). The van der Waals surface area contributed by atoms with Crippen LogP contribution in [-0.4, -0.2) is 41.1 Å². The predicted octanol–water partition coefficient (Wildman–Crippen LogP) is 6.85. The highest BCUT2D eigenvalue weighted by molar-refractivity contribution is 7.99. The first kappa shape index (κ1) is 26.5. The molecule has 0 radical (unpaired) electrons. The molecule has 0 saturated carbocycles. The molecule has 3 aromatic carbocycles. The molecule has 0 aliphatic heterocycles. The van der Waals surface area contributed by atoms with E-state index in [0.29, 0.717) is 39.4 Å². The van der Waals surface area contributed by atoms with Crippen LogP contribution in [0.3, 0.4) is 0 Å². The van der Waals surface area contributed by atoms with Crippen molar-refractivity contribution in [1.82, 2.24) is 15.2 Å². The minimum atomic E-state index is -0.362. The highest BCUT2D eigenvalue weighted by Crippen LogP contribution is 2.35. The number of hydrogen-bond acceptors (Lipinski definition) is 9. The van der Waals surface area contributed by atoms with E-state index in [1.807, 2.05) is 72.8 Å². The van der Waals surface area contributed by atoms with E-state index in [4.69, 9.17) is 35.2 Å². The fourth-order valence-electron chi connectivity index (χ4n) is 3.94. The fraction of sp³-hybridized carbons (Fsp3) is 0.172. The second kappa shape index (κ2) is 12.2. The minimum absolute atomic E-state index is 0.117. The number of esters is 1. The largest absolute Gasteiger partial charge is 0.493 e. The van der Waals surface area contributed by atoms with Gasteiger partial charge in [-0.15, -0.1) is 22.0 Å². The lowest BCUT2D eigenvalue weighted by molar-refractivity contribution is -0.145. The average Bonchev–Trinajstić information content (AvgIpc) is 3.45. The van der Waals surface area contributed by atoms with Gasteiger partial charge in [0.15, 0.2) is 18.1 Å². The van der Waals surface area contributed by atoms with Gasteiger partial charge in [-0.1, -0.05) is 41.9 Å². The predicted molar refractivity (Wildman–Crippen MR) is 150 cm³/mol. The second-order valence-corrected chi connectivity index (χ2v) is 9.88. The zero-order valence-electron chi connectivity index (χ0n) is 21.2. The monoisotopic (exact) mass is 561 g/mol.